The van der Waals surface area contributed by atoms with Crippen molar-refractivity contribution in [1.29, 1.82) is 0 Å². The van der Waals surface area contributed by atoms with Crippen LogP contribution in [0.2, 0.25) is 0 Å². The molecule has 0 aliphatic heterocycles. The first-order valence-corrected chi connectivity index (χ1v) is 7.98. The highest BCUT2D eigenvalue weighted by Gasteiger charge is 2.43. The van der Waals surface area contributed by atoms with Gasteiger partial charge in [0.25, 0.3) is 0 Å². The number of halogens is 3. The summed E-state index contributed by atoms with van der Waals surface area (Å²) in [7, 11) is -4.21. The van der Waals surface area contributed by atoms with Crippen LogP contribution in [0.25, 0.3) is 0 Å². The van der Waals surface area contributed by atoms with Crippen molar-refractivity contribution in [3.05, 3.63) is 29.8 Å². The molecule has 2 N–H and O–H groups in total. The lowest BCUT2D eigenvalue weighted by atomic mass is 10.0. The van der Waals surface area contributed by atoms with E-state index in [2.05, 4.69) is 0 Å². The molecule has 22 heavy (non-hydrogen) atoms. The summed E-state index contributed by atoms with van der Waals surface area (Å²) in [4.78, 5) is 10.3. The third-order valence-corrected chi connectivity index (χ3v) is 5.08. The van der Waals surface area contributed by atoms with Gasteiger partial charge in [-0.3, -0.25) is 4.79 Å². The predicted octanol–water partition coefficient (Wildman–Crippen LogP) is 1.84. The number of carboxylic acid groups (broad SMARTS) is 1. The summed E-state index contributed by atoms with van der Waals surface area (Å²) in [6.45, 7) is -0.613. The summed E-state index contributed by atoms with van der Waals surface area (Å²) in [5, 5.41) is 8.83. The zero-order valence-corrected chi connectivity index (χ0v) is 12.2. The number of benzene rings is 1. The lowest BCUT2D eigenvalue weighted by molar-refractivity contribution is -0.141. The molecule has 1 saturated carbocycles. The van der Waals surface area contributed by atoms with Crippen molar-refractivity contribution < 1.29 is 31.5 Å². The fourth-order valence-corrected chi connectivity index (χ4v) is 3.52. The van der Waals surface area contributed by atoms with Crippen molar-refractivity contribution in [2.24, 2.45) is 5.92 Å². The number of rotatable bonds is 5. The van der Waals surface area contributed by atoms with Crippen LogP contribution in [0.4, 0.5) is 13.2 Å². The zero-order chi connectivity index (χ0) is 16.5. The van der Waals surface area contributed by atoms with Gasteiger partial charge in [0.1, 0.15) is 5.67 Å². The van der Waals surface area contributed by atoms with Gasteiger partial charge in [0, 0.05) is 6.54 Å². The largest absolute Gasteiger partial charge is 0.481 e. The lowest BCUT2D eigenvalue weighted by Crippen LogP contribution is -2.38. The molecule has 0 spiro atoms. The fraction of sp³-hybridized carbons (Fsp3) is 0.462. The normalized spacial score (nSPS) is 25.3. The molecule has 0 amide bonds. The standard InChI is InChI=1S/C13H14F3NO4S/c14-10-2-1-9(5-11(10)15)22(20,21)17-7-13(16)4-3-8(6-13)12(18)19/h1-2,5,8,17H,3-4,6-7H2,(H,18,19)/t8-,13+/m1/s1. The molecule has 0 aromatic heterocycles. The number of hydrogen-bond donors (Lipinski definition) is 2. The summed E-state index contributed by atoms with van der Waals surface area (Å²) in [5.74, 6) is -4.49. The molecule has 1 aliphatic rings. The minimum Gasteiger partial charge on any atom is -0.481 e. The number of nitrogens with one attached hydrogen (secondary N) is 1. The van der Waals surface area contributed by atoms with Gasteiger partial charge in [0.05, 0.1) is 10.8 Å². The molecule has 9 heteroatoms. The van der Waals surface area contributed by atoms with Crippen LogP contribution in [0.1, 0.15) is 19.3 Å². The maximum absolute atomic E-state index is 14.4. The van der Waals surface area contributed by atoms with E-state index in [-0.39, 0.29) is 19.3 Å². The minimum absolute atomic E-state index is 0.0791. The van der Waals surface area contributed by atoms with Crippen LogP contribution in [-0.4, -0.2) is 31.7 Å². The first-order chi connectivity index (χ1) is 10.1. The van der Waals surface area contributed by atoms with Crippen molar-refractivity contribution >= 4 is 16.0 Å². The van der Waals surface area contributed by atoms with E-state index >= 15 is 0 Å². The Morgan fingerprint density at radius 2 is 2.05 bits per heavy atom. The number of carbonyl (C=O) groups is 1. The van der Waals surface area contributed by atoms with Crippen molar-refractivity contribution in [1.82, 2.24) is 4.72 Å². The lowest BCUT2D eigenvalue weighted by Gasteiger charge is -2.19. The van der Waals surface area contributed by atoms with E-state index in [4.69, 9.17) is 5.11 Å². The minimum atomic E-state index is -4.21. The summed E-state index contributed by atoms with van der Waals surface area (Å²) < 4.78 is 66.1. The van der Waals surface area contributed by atoms with Crippen LogP contribution in [0.15, 0.2) is 23.1 Å². The molecule has 1 aromatic carbocycles. The number of aliphatic carboxylic acids is 1. The second-order valence-electron chi connectivity index (χ2n) is 5.33. The first-order valence-electron chi connectivity index (χ1n) is 6.49. The van der Waals surface area contributed by atoms with Crippen LogP contribution in [-0.2, 0) is 14.8 Å². The number of sulfonamides is 1. The van der Waals surface area contributed by atoms with Gasteiger partial charge in [-0.25, -0.2) is 26.3 Å². The zero-order valence-electron chi connectivity index (χ0n) is 11.4. The molecule has 0 unspecified atom stereocenters. The molecule has 2 atom stereocenters. The van der Waals surface area contributed by atoms with E-state index in [1.54, 1.807) is 0 Å². The van der Waals surface area contributed by atoms with Crippen LogP contribution in [0, 0.1) is 17.6 Å². The van der Waals surface area contributed by atoms with E-state index in [1.807, 2.05) is 4.72 Å². The van der Waals surface area contributed by atoms with Gasteiger partial charge >= 0.3 is 5.97 Å². The van der Waals surface area contributed by atoms with Crippen molar-refractivity contribution in [3.8, 4) is 0 Å². The van der Waals surface area contributed by atoms with Gasteiger partial charge in [0.2, 0.25) is 10.0 Å². The Kier molecular flexibility index (Phi) is 4.48. The highest BCUT2D eigenvalue weighted by Crippen LogP contribution is 2.37. The Morgan fingerprint density at radius 1 is 1.36 bits per heavy atom. The van der Waals surface area contributed by atoms with Gasteiger partial charge in [0.15, 0.2) is 11.6 Å². The van der Waals surface area contributed by atoms with Crippen LogP contribution in [0.3, 0.4) is 0 Å². The Labute approximate surface area is 125 Å². The molecule has 0 saturated heterocycles. The Balaban J connectivity index is 2.07. The molecule has 2 rings (SSSR count). The third kappa shape index (κ3) is 3.58. The summed E-state index contributed by atoms with van der Waals surface area (Å²) in [6, 6.07) is 2.02. The van der Waals surface area contributed by atoms with Crippen molar-refractivity contribution in [2.45, 2.75) is 29.8 Å². The Hall–Kier alpha value is -1.61. The number of alkyl halides is 1. The van der Waals surface area contributed by atoms with Crippen molar-refractivity contribution in [3.63, 3.8) is 0 Å². The van der Waals surface area contributed by atoms with Gasteiger partial charge < -0.3 is 5.11 Å². The van der Waals surface area contributed by atoms with E-state index in [1.165, 1.54) is 0 Å². The highest BCUT2D eigenvalue weighted by molar-refractivity contribution is 7.89. The van der Waals surface area contributed by atoms with E-state index in [0.717, 1.165) is 6.07 Å². The average Bonchev–Trinajstić information content (AvgIpc) is 2.83. The fourth-order valence-electron chi connectivity index (χ4n) is 2.40. The van der Waals surface area contributed by atoms with Gasteiger partial charge in [-0.15, -0.1) is 0 Å². The molecule has 0 heterocycles. The molecule has 122 valence electrons. The molecule has 1 fully saturated rings. The summed E-state index contributed by atoms with van der Waals surface area (Å²) in [6.07, 6.45) is -0.244. The van der Waals surface area contributed by atoms with Gasteiger partial charge in [-0.2, -0.15) is 0 Å². The highest BCUT2D eigenvalue weighted by atomic mass is 32.2. The van der Waals surface area contributed by atoms with Crippen molar-refractivity contribution in [2.75, 3.05) is 6.54 Å². The topological polar surface area (TPSA) is 83.5 Å². The molecule has 0 radical (unpaired) electrons. The van der Waals surface area contributed by atoms with Gasteiger partial charge in [-0.05, 0) is 37.5 Å². The third-order valence-electron chi connectivity index (χ3n) is 3.68. The Bertz CT molecular complexity index is 695. The first kappa shape index (κ1) is 16.8. The molecule has 1 aromatic rings. The molecular weight excluding hydrogens is 323 g/mol. The smallest absolute Gasteiger partial charge is 0.306 e. The van der Waals surface area contributed by atoms with Gasteiger partial charge in [-0.1, -0.05) is 0 Å². The second kappa shape index (κ2) is 5.88. The molecule has 5 nitrogen and oxygen atoms in total. The molecule has 1 aliphatic carbocycles. The van der Waals surface area contributed by atoms with E-state index in [9.17, 15) is 26.4 Å². The predicted molar refractivity (Wildman–Crippen MR) is 70.4 cm³/mol. The molecule has 0 bridgehead atoms. The second-order valence-corrected chi connectivity index (χ2v) is 7.10. The summed E-state index contributed by atoms with van der Waals surface area (Å²) in [5.41, 5.74) is -1.96. The maximum Gasteiger partial charge on any atom is 0.306 e. The SMILES string of the molecule is O=C(O)[C@@H]1CC[C@@](F)(CNS(=O)(=O)c2ccc(F)c(F)c2)C1. The van der Waals surface area contributed by atoms with Crippen LogP contribution >= 0.6 is 0 Å². The van der Waals surface area contributed by atoms with Crippen LogP contribution < -0.4 is 4.72 Å². The van der Waals surface area contributed by atoms with E-state index in [0.29, 0.717) is 12.1 Å². The van der Waals surface area contributed by atoms with E-state index < -0.39 is 50.7 Å². The summed E-state index contributed by atoms with van der Waals surface area (Å²) >= 11 is 0. The maximum atomic E-state index is 14.4. The average molecular weight is 337 g/mol. The molecular formula is C13H14F3NO4S. The quantitative estimate of drug-likeness (QED) is 0.859. The Morgan fingerprint density at radius 3 is 2.59 bits per heavy atom. The van der Waals surface area contributed by atoms with Crippen LogP contribution in [0.5, 0.6) is 0 Å². The number of hydrogen-bond acceptors (Lipinski definition) is 3. The number of carboxylic acids is 1. The monoisotopic (exact) mass is 337 g/mol.